The van der Waals surface area contributed by atoms with E-state index in [1.165, 1.54) is 27.5 Å². The first kappa shape index (κ1) is 17.3. The Morgan fingerprint density at radius 2 is 1.77 bits per heavy atom. The van der Waals surface area contributed by atoms with Crippen molar-refractivity contribution in [2.75, 3.05) is 26.6 Å². The van der Waals surface area contributed by atoms with Crippen LogP contribution in [-0.4, -0.2) is 32.2 Å². The summed E-state index contributed by atoms with van der Waals surface area (Å²) in [6.07, 6.45) is 1.37. The van der Waals surface area contributed by atoms with Gasteiger partial charge in [-0.05, 0) is 24.3 Å². The molecule has 0 fully saturated rings. The van der Waals surface area contributed by atoms with Crippen molar-refractivity contribution < 1.29 is 19.0 Å². The Kier molecular flexibility index (Phi) is 4.79. The fourth-order valence-corrected chi connectivity index (χ4v) is 2.66. The zero-order valence-electron chi connectivity index (χ0n) is 14.6. The van der Waals surface area contributed by atoms with Crippen LogP contribution in [0.1, 0.15) is 10.4 Å². The highest BCUT2D eigenvalue weighted by Gasteiger charge is 2.16. The Morgan fingerprint density at radius 1 is 1.00 bits per heavy atom. The standard InChI is InChI=1S/C19H18N2O5/c1-24-11-7-8-15(25-2)14(9-11)21-19(23)13-10-20-17-12(18(13)22)5-4-6-16(17)26-3/h4-10H,1-3H3,(H,20,22)(H,21,23). The van der Waals surface area contributed by atoms with E-state index >= 15 is 0 Å². The van der Waals surface area contributed by atoms with Crippen LogP contribution in [0.2, 0.25) is 0 Å². The molecular formula is C19H18N2O5. The maximum Gasteiger partial charge on any atom is 0.261 e. The number of rotatable bonds is 5. The number of nitrogens with one attached hydrogen (secondary N) is 2. The zero-order valence-corrected chi connectivity index (χ0v) is 14.6. The molecule has 0 aliphatic heterocycles. The number of carbonyl (C=O) groups is 1. The SMILES string of the molecule is COc1ccc(OC)c(NC(=O)c2c[nH]c3c(OC)cccc3c2=O)c1. The van der Waals surface area contributed by atoms with Gasteiger partial charge < -0.3 is 24.5 Å². The van der Waals surface area contributed by atoms with Crippen molar-refractivity contribution in [3.05, 3.63) is 58.4 Å². The number of fused-ring (bicyclic) bond motifs is 1. The van der Waals surface area contributed by atoms with Crippen LogP contribution in [0.4, 0.5) is 5.69 Å². The fourth-order valence-electron chi connectivity index (χ4n) is 2.66. The Hall–Kier alpha value is -3.48. The van der Waals surface area contributed by atoms with Crippen molar-refractivity contribution in [3.63, 3.8) is 0 Å². The number of carbonyl (C=O) groups excluding carboxylic acids is 1. The molecule has 0 spiro atoms. The molecule has 0 aliphatic carbocycles. The second-order valence-electron chi connectivity index (χ2n) is 5.43. The van der Waals surface area contributed by atoms with E-state index in [1.807, 2.05) is 0 Å². The summed E-state index contributed by atoms with van der Waals surface area (Å²) in [6.45, 7) is 0. The molecule has 0 bridgehead atoms. The van der Waals surface area contributed by atoms with Crippen LogP contribution >= 0.6 is 0 Å². The van der Waals surface area contributed by atoms with E-state index in [9.17, 15) is 9.59 Å². The molecule has 0 unspecified atom stereocenters. The van der Waals surface area contributed by atoms with Gasteiger partial charge in [0.2, 0.25) is 5.43 Å². The number of methoxy groups -OCH3 is 3. The summed E-state index contributed by atoms with van der Waals surface area (Å²) < 4.78 is 15.6. The van der Waals surface area contributed by atoms with Gasteiger partial charge in [0.25, 0.3) is 5.91 Å². The zero-order chi connectivity index (χ0) is 18.7. The summed E-state index contributed by atoms with van der Waals surface area (Å²) in [5.74, 6) is 0.986. The molecule has 0 atom stereocenters. The van der Waals surface area contributed by atoms with Gasteiger partial charge in [-0.1, -0.05) is 6.07 Å². The number of aromatic nitrogens is 1. The first-order valence-corrected chi connectivity index (χ1v) is 7.80. The van der Waals surface area contributed by atoms with Crippen molar-refractivity contribution in [3.8, 4) is 17.2 Å². The molecule has 7 heteroatoms. The maximum atomic E-state index is 12.7. The van der Waals surface area contributed by atoms with Crippen molar-refractivity contribution in [2.45, 2.75) is 0 Å². The average molecular weight is 354 g/mol. The van der Waals surface area contributed by atoms with Crippen molar-refractivity contribution in [1.82, 2.24) is 4.98 Å². The maximum absolute atomic E-state index is 12.7. The molecule has 7 nitrogen and oxygen atoms in total. The molecule has 1 aromatic heterocycles. The molecule has 3 aromatic rings. The number of hydrogen-bond donors (Lipinski definition) is 2. The van der Waals surface area contributed by atoms with Crippen molar-refractivity contribution in [2.24, 2.45) is 0 Å². The minimum absolute atomic E-state index is 0.0179. The summed E-state index contributed by atoms with van der Waals surface area (Å²) in [4.78, 5) is 28.3. The topological polar surface area (TPSA) is 89.7 Å². The number of ether oxygens (including phenoxy) is 3. The first-order valence-electron chi connectivity index (χ1n) is 7.80. The second-order valence-corrected chi connectivity index (χ2v) is 5.43. The van der Waals surface area contributed by atoms with E-state index in [4.69, 9.17) is 14.2 Å². The van der Waals surface area contributed by atoms with Gasteiger partial charge in [-0.3, -0.25) is 9.59 Å². The monoisotopic (exact) mass is 354 g/mol. The number of H-pyrrole nitrogens is 1. The number of para-hydroxylation sites is 1. The summed E-state index contributed by atoms with van der Waals surface area (Å²) in [5.41, 5.74) is 0.533. The quantitative estimate of drug-likeness (QED) is 0.735. The van der Waals surface area contributed by atoms with Crippen LogP contribution < -0.4 is 25.0 Å². The van der Waals surface area contributed by atoms with Crippen molar-refractivity contribution >= 4 is 22.5 Å². The molecule has 2 N–H and O–H groups in total. The highest BCUT2D eigenvalue weighted by atomic mass is 16.5. The Bertz CT molecular complexity index is 1030. The van der Waals surface area contributed by atoms with Crippen LogP contribution in [0.25, 0.3) is 10.9 Å². The lowest BCUT2D eigenvalue weighted by Gasteiger charge is -2.12. The van der Waals surface area contributed by atoms with Crippen LogP contribution in [0, 0.1) is 0 Å². The van der Waals surface area contributed by atoms with E-state index in [-0.39, 0.29) is 5.56 Å². The predicted molar refractivity (Wildman–Crippen MR) is 98.6 cm³/mol. The third-order valence-corrected chi connectivity index (χ3v) is 4.00. The number of aromatic amines is 1. The third kappa shape index (κ3) is 3.06. The van der Waals surface area contributed by atoms with Gasteiger partial charge >= 0.3 is 0 Å². The molecule has 134 valence electrons. The van der Waals surface area contributed by atoms with Crippen LogP contribution in [0.15, 0.2) is 47.4 Å². The average Bonchev–Trinajstić information content (AvgIpc) is 2.67. The highest BCUT2D eigenvalue weighted by molar-refractivity contribution is 6.06. The number of anilines is 1. The summed E-state index contributed by atoms with van der Waals surface area (Å²) in [5, 5.41) is 3.06. The third-order valence-electron chi connectivity index (χ3n) is 4.00. The van der Waals surface area contributed by atoms with E-state index in [2.05, 4.69) is 10.3 Å². The molecule has 1 amide bonds. The Balaban J connectivity index is 2.01. The van der Waals surface area contributed by atoms with E-state index in [1.54, 1.807) is 36.4 Å². The largest absolute Gasteiger partial charge is 0.497 e. The predicted octanol–water partition coefficient (Wildman–Crippen LogP) is 2.81. The molecule has 3 rings (SSSR count). The van der Waals surface area contributed by atoms with Gasteiger partial charge in [-0.25, -0.2) is 0 Å². The number of hydrogen-bond acceptors (Lipinski definition) is 5. The van der Waals surface area contributed by atoms with Gasteiger partial charge in [0.15, 0.2) is 0 Å². The van der Waals surface area contributed by atoms with E-state index in [0.717, 1.165) is 0 Å². The molecule has 2 aromatic carbocycles. The Labute approximate surface area is 149 Å². The number of pyridine rings is 1. The van der Waals surface area contributed by atoms with Gasteiger partial charge in [0.1, 0.15) is 22.8 Å². The summed E-state index contributed by atoms with van der Waals surface area (Å²) in [6, 6.07) is 10.1. The van der Waals surface area contributed by atoms with Crippen LogP contribution in [0.3, 0.4) is 0 Å². The molecule has 1 heterocycles. The smallest absolute Gasteiger partial charge is 0.261 e. The normalized spacial score (nSPS) is 10.4. The van der Waals surface area contributed by atoms with Crippen molar-refractivity contribution in [1.29, 1.82) is 0 Å². The van der Waals surface area contributed by atoms with Crippen LogP contribution in [0.5, 0.6) is 17.2 Å². The molecule has 0 saturated carbocycles. The fraction of sp³-hybridized carbons (Fsp3) is 0.158. The first-order chi connectivity index (χ1) is 12.6. The lowest BCUT2D eigenvalue weighted by Crippen LogP contribution is -2.22. The molecule has 0 saturated heterocycles. The summed E-state index contributed by atoms with van der Waals surface area (Å²) in [7, 11) is 4.53. The van der Waals surface area contributed by atoms with E-state index in [0.29, 0.717) is 33.8 Å². The van der Waals surface area contributed by atoms with E-state index < -0.39 is 11.3 Å². The number of amides is 1. The van der Waals surface area contributed by atoms with Gasteiger partial charge in [0, 0.05) is 12.3 Å². The molecular weight excluding hydrogens is 336 g/mol. The lowest BCUT2D eigenvalue weighted by atomic mass is 10.1. The lowest BCUT2D eigenvalue weighted by molar-refractivity contribution is 0.102. The van der Waals surface area contributed by atoms with Crippen LogP contribution in [-0.2, 0) is 0 Å². The van der Waals surface area contributed by atoms with Gasteiger partial charge in [-0.15, -0.1) is 0 Å². The van der Waals surface area contributed by atoms with Gasteiger partial charge in [0.05, 0.1) is 37.9 Å². The Morgan fingerprint density at radius 3 is 2.46 bits per heavy atom. The molecule has 0 radical (unpaired) electrons. The highest BCUT2D eigenvalue weighted by Crippen LogP contribution is 2.29. The molecule has 26 heavy (non-hydrogen) atoms. The number of benzene rings is 2. The van der Waals surface area contributed by atoms with Gasteiger partial charge in [-0.2, -0.15) is 0 Å². The molecule has 0 aliphatic rings. The summed E-state index contributed by atoms with van der Waals surface area (Å²) >= 11 is 0. The second kappa shape index (κ2) is 7.18. The minimum Gasteiger partial charge on any atom is -0.497 e. The minimum atomic E-state index is -0.553.